The molecule has 2 saturated heterocycles. The third kappa shape index (κ3) is 4.42. The Morgan fingerprint density at radius 1 is 1.33 bits per heavy atom. The first-order chi connectivity index (χ1) is 11.2. The third-order valence-electron chi connectivity index (χ3n) is 4.64. The molecule has 136 valence electrons. The van der Waals surface area contributed by atoms with Crippen molar-refractivity contribution in [3.63, 3.8) is 0 Å². The molecule has 8 heteroatoms. The highest BCUT2D eigenvalue weighted by Crippen LogP contribution is 2.41. The molecule has 0 saturated carbocycles. The Balaban J connectivity index is 1.90. The molecule has 0 aromatic carbocycles. The van der Waals surface area contributed by atoms with Gasteiger partial charge in [0.05, 0.1) is 19.8 Å². The summed E-state index contributed by atoms with van der Waals surface area (Å²) in [5.74, 6) is -0.360. The van der Waals surface area contributed by atoms with Crippen LogP contribution in [0.2, 0.25) is 0 Å². The minimum absolute atomic E-state index is 0.0358. The lowest BCUT2D eigenvalue weighted by molar-refractivity contribution is -0.171. The van der Waals surface area contributed by atoms with Gasteiger partial charge in [0.15, 0.2) is 6.10 Å². The van der Waals surface area contributed by atoms with Gasteiger partial charge in [0, 0.05) is 17.8 Å². The minimum atomic E-state index is -0.847. The Labute approximate surface area is 146 Å². The number of thioether (sulfide) groups is 1. The summed E-state index contributed by atoms with van der Waals surface area (Å²) in [5.41, 5.74) is 0. The van der Waals surface area contributed by atoms with Gasteiger partial charge in [-0.3, -0.25) is 9.59 Å². The summed E-state index contributed by atoms with van der Waals surface area (Å²) in [4.78, 5) is 37.6. The smallest absolute Gasteiger partial charge is 0.336 e. The lowest BCUT2D eigenvalue weighted by atomic mass is 9.93. The van der Waals surface area contributed by atoms with Crippen molar-refractivity contribution in [2.24, 2.45) is 5.92 Å². The maximum absolute atomic E-state index is 12.4. The van der Waals surface area contributed by atoms with Gasteiger partial charge in [0.1, 0.15) is 0 Å². The highest BCUT2D eigenvalue weighted by atomic mass is 32.2. The summed E-state index contributed by atoms with van der Waals surface area (Å²) in [6.45, 7) is 6.89. The van der Waals surface area contributed by atoms with Crippen LogP contribution in [0.25, 0.3) is 0 Å². The van der Waals surface area contributed by atoms with Crippen molar-refractivity contribution in [1.82, 2.24) is 10.2 Å². The predicted molar refractivity (Wildman–Crippen MR) is 90.6 cm³/mol. The number of rotatable bonds is 3. The number of nitrogens with one attached hydrogen (secondary N) is 1. The first kappa shape index (κ1) is 19.1. The molecule has 0 spiro atoms. The van der Waals surface area contributed by atoms with Crippen LogP contribution in [0.3, 0.4) is 0 Å². The SMILES string of the molecule is COC(=O)[C@@H]1CN(C(=O)C(=O)NCC2CCSC2(C)C)C[C@@H](C)O1. The quantitative estimate of drug-likeness (QED) is 0.581. The fourth-order valence-electron chi connectivity index (χ4n) is 3.09. The van der Waals surface area contributed by atoms with E-state index >= 15 is 0 Å². The zero-order valence-corrected chi connectivity index (χ0v) is 15.5. The third-order valence-corrected chi connectivity index (χ3v) is 6.16. The number of amides is 2. The standard InChI is InChI=1S/C16H26N2O5S/c1-10-8-18(9-12(23-10)15(21)22-4)14(20)13(19)17-7-11-5-6-24-16(11,2)3/h10-12H,5-9H2,1-4H3,(H,17,19)/t10-,11?,12+/m1/s1. The van der Waals surface area contributed by atoms with Crippen LogP contribution in [-0.2, 0) is 23.9 Å². The fourth-order valence-corrected chi connectivity index (χ4v) is 4.46. The molecule has 1 unspecified atom stereocenters. The summed E-state index contributed by atoms with van der Waals surface area (Å²) in [7, 11) is 1.27. The number of hydrogen-bond acceptors (Lipinski definition) is 6. The van der Waals surface area contributed by atoms with Crippen molar-refractivity contribution >= 4 is 29.5 Å². The topological polar surface area (TPSA) is 84.9 Å². The van der Waals surface area contributed by atoms with Crippen LogP contribution in [-0.4, -0.2) is 72.1 Å². The normalized spacial score (nSPS) is 29.2. The van der Waals surface area contributed by atoms with Gasteiger partial charge in [0.2, 0.25) is 0 Å². The van der Waals surface area contributed by atoms with E-state index in [-0.39, 0.29) is 23.9 Å². The zero-order valence-electron chi connectivity index (χ0n) is 14.7. The summed E-state index contributed by atoms with van der Waals surface area (Å²) in [6.07, 6.45) is -0.143. The van der Waals surface area contributed by atoms with Gasteiger partial charge in [-0.05, 0) is 25.0 Å². The van der Waals surface area contributed by atoms with E-state index in [0.29, 0.717) is 12.5 Å². The molecule has 0 bridgehead atoms. The maximum atomic E-state index is 12.4. The molecule has 24 heavy (non-hydrogen) atoms. The van der Waals surface area contributed by atoms with Crippen LogP contribution in [0, 0.1) is 5.92 Å². The van der Waals surface area contributed by atoms with E-state index in [1.807, 2.05) is 11.8 Å². The monoisotopic (exact) mass is 358 g/mol. The average molecular weight is 358 g/mol. The van der Waals surface area contributed by atoms with Crippen molar-refractivity contribution in [3.8, 4) is 0 Å². The minimum Gasteiger partial charge on any atom is -0.467 e. The highest BCUT2D eigenvalue weighted by molar-refractivity contribution is 8.00. The van der Waals surface area contributed by atoms with Crippen LogP contribution >= 0.6 is 11.8 Å². The second kappa shape index (κ2) is 7.74. The van der Waals surface area contributed by atoms with E-state index in [1.165, 1.54) is 12.0 Å². The molecular formula is C16H26N2O5S. The largest absolute Gasteiger partial charge is 0.467 e. The lowest BCUT2D eigenvalue weighted by Crippen LogP contribution is -2.55. The predicted octanol–water partition coefficient (Wildman–Crippen LogP) is 0.423. The Hall–Kier alpha value is -1.28. The van der Waals surface area contributed by atoms with Gasteiger partial charge in [-0.1, -0.05) is 13.8 Å². The summed E-state index contributed by atoms with van der Waals surface area (Å²) in [6, 6.07) is 0. The number of carbonyl (C=O) groups is 3. The van der Waals surface area contributed by atoms with Crippen LogP contribution in [0.5, 0.6) is 0 Å². The summed E-state index contributed by atoms with van der Waals surface area (Å²) < 4.78 is 10.2. The van der Waals surface area contributed by atoms with E-state index in [4.69, 9.17) is 4.74 Å². The Kier molecular flexibility index (Phi) is 6.14. The number of methoxy groups -OCH3 is 1. The Bertz CT molecular complexity index is 511. The first-order valence-electron chi connectivity index (χ1n) is 8.19. The van der Waals surface area contributed by atoms with Gasteiger partial charge in [-0.2, -0.15) is 11.8 Å². The number of carbonyl (C=O) groups excluding carboxylic acids is 3. The van der Waals surface area contributed by atoms with Crippen molar-refractivity contribution in [1.29, 1.82) is 0 Å². The Morgan fingerprint density at radius 3 is 2.62 bits per heavy atom. The van der Waals surface area contributed by atoms with E-state index in [2.05, 4.69) is 23.9 Å². The molecular weight excluding hydrogens is 332 g/mol. The molecule has 2 aliphatic heterocycles. The van der Waals surface area contributed by atoms with Gasteiger partial charge in [-0.25, -0.2) is 4.79 Å². The molecule has 3 atom stereocenters. The van der Waals surface area contributed by atoms with Crippen LogP contribution in [0.1, 0.15) is 27.2 Å². The number of hydrogen-bond donors (Lipinski definition) is 1. The number of morpholine rings is 1. The van der Waals surface area contributed by atoms with Gasteiger partial charge in [-0.15, -0.1) is 0 Å². The highest BCUT2D eigenvalue weighted by Gasteiger charge is 2.38. The molecule has 1 N–H and O–H groups in total. The molecule has 2 amide bonds. The molecule has 2 rings (SSSR count). The lowest BCUT2D eigenvalue weighted by Gasteiger charge is -2.35. The molecule has 0 radical (unpaired) electrons. The van der Waals surface area contributed by atoms with E-state index in [0.717, 1.165) is 12.2 Å². The molecule has 0 aliphatic carbocycles. The van der Waals surface area contributed by atoms with Gasteiger partial charge >= 0.3 is 17.8 Å². The summed E-state index contributed by atoms with van der Waals surface area (Å²) in [5, 5.41) is 2.75. The van der Waals surface area contributed by atoms with Crippen molar-refractivity contribution < 1.29 is 23.9 Å². The van der Waals surface area contributed by atoms with Crippen molar-refractivity contribution in [2.75, 3.05) is 32.5 Å². The second-order valence-electron chi connectivity index (χ2n) is 6.82. The molecule has 0 aromatic rings. The van der Waals surface area contributed by atoms with E-state index in [9.17, 15) is 14.4 Å². The second-order valence-corrected chi connectivity index (χ2v) is 8.57. The van der Waals surface area contributed by atoms with E-state index in [1.54, 1.807) is 6.92 Å². The first-order valence-corrected chi connectivity index (χ1v) is 9.17. The number of nitrogens with zero attached hydrogens (tertiary/aromatic N) is 1. The van der Waals surface area contributed by atoms with E-state index < -0.39 is 23.9 Å². The maximum Gasteiger partial charge on any atom is 0.336 e. The molecule has 2 aliphatic rings. The number of esters is 1. The fraction of sp³-hybridized carbons (Fsp3) is 0.812. The Morgan fingerprint density at radius 2 is 2.04 bits per heavy atom. The average Bonchev–Trinajstić information content (AvgIpc) is 2.88. The van der Waals surface area contributed by atoms with Gasteiger partial charge < -0.3 is 19.7 Å². The van der Waals surface area contributed by atoms with Crippen molar-refractivity contribution in [2.45, 2.75) is 44.1 Å². The molecule has 7 nitrogen and oxygen atoms in total. The summed E-state index contributed by atoms with van der Waals surface area (Å²) >= 11 is 1.89. The van der Waals surface area contributed by atoms with Crippen molar-refractivity contribution in [3.05, 3.63) is 0 Å². The number of ether oxygens (including phenoxy) is 2. The van der Waals surface area contributed by atoms with Crippen LogP contribution in [0.4, 0.5) is 0 Å². The van der Waals surface area contributed by atoms with Gasteiger partial charge in [0.25, 0.3) is 0 Å². The molecule has 2 fully saturated rings. The molecule has 0 aromatic heterocycles. The zero-order chi connectivity index (χ0) is 17.9. The molecule has 2 heterocycles. The van der Waals surface area contributed by atoms with Crippen LogP contribution < -0.4 is 5.32 Å². The van der Waals surface area contributed by atoms with Crippen LogP contribution in [0.15, 0.2) is 0 Å².